The highest BCUT2D eigenvalue weighted by Crippen LogP contribution is 2.29. The van der Waals surface area contributed by atoms with Crippen molar-refractivity contribution >= 4 is 0 Å². The van der Waals surface area contributed by atoms with Crippen molar-refractivity contribution in [2.75, 3.05) is 13.1 Å². The molecule has 2 heterocycles. The lowest BCUT2D eigenvalue weighted by Gasteiger charge is -2.24. The Hall–Kier alpha value is -2.52. The van der Waals surface area contributed by atoms with E-state index in [1.54, 1.807) is 12.3 Å². The number of likely N-dealkylation sites (tertiary alicyclic amines) is 1. The van der Waals surface area contributed by atoms with Gasteiger partial charge in [0.15, 0.2) is 0 Å². The minimum Gasteiger partial charge on any atom is -0.297 e. The Bertz CT molecular complexity index is 865. The maximum Gasteiger partial charge on any atom is 0.149 e. The van der Waals surface area contributed by atoms with Gasteiger partial charge in [0.05, 0.1) is 6.20 Å². The molecular weight excluding hydrogens is 323 g/mol. The third-order valence-electron chi connectivity index (χ3n) is 5.38. The average Bonchev–Trinajstić information content (AvgIpc) is 3.23. The Morgan fingerprint density at radius 3 is 2.04 bits per heavy atom. The monoisotopic (exact) mass is 346 g/mol. The first-order valence-corrected chi connectivity index (χ1v) is 9.27. The molecule has 1 fully saturated rings. The van der Waals surface area contributed by atoms with Gasteiger partial charge in [0.2, 0.25) is 0 Å². The van der Waals surface area contributed by atoms with Gasteiger partial charge in [-0.2, -0.15) is 0 Å². The Balaban J connectivity index is 1.53. The van der Waals surface area contributed by atoms with E-state index < -0.39 is 0 Å². The molecule has 132 valence electrons. The summed E-state index contributed by atoms with van der Waals surface area (Å²) in [4.78, 5) is 6.36. The van der Waals surface area contributed by atoms with Gasteiger partial charge in [0.25, 0.3) is 0 Å². The van der Waals surface area contributed by atoms with E-state index in [1.807, 2.05) is 24.3 Å². The summed E-state index contributed by atoms with van der Waals surface area (Å²) in [5.41, 5.74) is 5.15. The lowest BCUT2D eigenvalue weighted by molar-refractivity contribution is 0.263. The van der Waals surface area contributed by atoms with Gasteiger partial charge in [-0.25, -0.2) is 4.39 Å². The van der Waals surface area contributed by atoms with Gasteiger partial charge in [-0.1, -0.05) is 48.5 Å². The fourth-order valence-corrected chi connectivity index (χ4v) is 3.75. The number of halogens is 1. The lowest BCUT2D eigenvalue weighted by atomic mass is 9.98. The summed E-state index contributed by atoms with van der Waals surface area (Å²) in [7, 11) is 0. The quantitative estimate of drug-likeness (QED) is 0.601. The molecule has 0 bridgehead atoms. The molecule has 2 nitrogen and oxygen atoms in total. The largest absolute Gasteiger partial charge is 0.297 e. The second kappa shape index (κ2) is 7.38. The molecule has 1 aromatic heterocycles. The van der Waals surface area contributed by atoms with Crippen LogP contribution in [0.25, 0.3) is 22.3 Å². The molecule has 1 saturated heterocycles. The van der Waals surface area contributed by atoms with Gasteiger partial charge in [-0.05, 0) is 61.2 Å². The SMILES string of the molecule is CC(c1ccc(-c2ccc(-c3ccncc3F)cc2)cc1)N1CCCC1. The second-order valence-electron chi connectivity index (χ2n) is 6.97. The summed E-state index contributed by atoms with van der Waals surface area (Å²) in [6.07, 6.45) is 5.50. The van der Waals surface area contributed by atoms with Crippen LogP contribution in [0, 0.1) is 5.82 Å². The van der Waals surface area contributed by atoms with Crippen molar-refractivity contribution in [3.8, 4) is 22.3 Å². The molecule has 0 amide bonds. The van der Waals surface area contributed by atoms with Gasteiger partial charge >= 0.3 is 0 Å². The molecule has 1 unspecified atom stereocenters. The zero-order chi connectivity index (χ0) is 17.9. The number of aromatic nitrogens is 1. The molecule has 0 radical (unpaired) electrons. The van der Waals surface area contributed by atoms with Gasteiger partial charge in [0.1, 0.15) is 5.82 Å². The Kier molecular flexibility index (Phi) is 4.81. The van der Waals surface area contributed by atoms with Crippen LogP contribution >= 0.6 is 0 Å². The number of nitrogens with zero attached hydrogens (tertiary/aromatic N) is 2. The van der Waals surface area contributed by atoms with Crippen molar-refractivity contribution in [2.45, 2.75) is 25.8 Å². The Morgan fingerprint density at radius 1 is 0.846 bits per heavy atom. The van der Waals surface area contributed by atoms with Crippen molar-refractivity contribution < 1.29 is 4.39 Å². The molecule has 3 heteroatoms. The van der Waals surface area contributed by atoms with Crippen LogP contribution in [0.3, 0.4) is 0 Å². The highest BCUT2D eigenvalue weighted by molar-refractivity contribution is 5.70. The molecular formula is C23H23FN2. The van der Waals surface area contributed by atoms with E-state index in [4.69, 9.17) is 0 Å². The predicted octanol–water partition coefficient (Wildman–Crippen LogP) is 5.71. The maximum atomic E-state index is 13.9. The zero-order valence-electron chi connectivity index (χ0n) is 15.0. The lowest BCUT2D eigenvalue weighted by Crippen LogP contribution is -2.23. The normalized spacial score (nSPS) is 15.9. The van der Waals surface area contributed by atoms with Crippen LogP contribution in [0.4, 0.5) is 4.39 Å². The van der Waals surface area contributed by atoms with Crippen LogP contribution in [0.2, 0.25) is 0 Å². The first-order chi connectivity index (χ1) is 12.7. The predicted molar refractivity (Wildman–Crippen MR) is 104 cm³/mol. The number of hydrogen-bond donors (Lipinski definition) is 0. The van der Waals surface area contributed by atoms with Gasteiger partial charge in [0, 0.05) is 17.8 Å². The van der Waals surface area contributed by atoms with Crippen molar-refractivity contribution in [3.05, 3.63) is 78.4 Å². The van der Waals surface area contributed by atoms with Crippen molar-refractivity contribution in [3.63, 3.8) is 0 Å². The van der Waals surface area contributed by atoms with Crippen LogP contribution in [-0.4, -0.2) is 23.0 Å². The summed E-state index contributed by atoms with van der Waals surface area (Å²) in [5, 5.41) is 0. The number of pyridine rings is 1. The van der Waals surface area contributed by atoms with E-state index in [1.165, 1.54) is 43.3 Å². The first kappa shape index (κ1) is 16.9. The minimum atomic E-state index is -0.291. The first-order valence-electron chi connectivity index (χ1n) is 9.27. The number of benzene rings is 2. The summed E-state index contributed by atoms with van der Waals surface area (Å²) in [6.45, 7) is 4.70. The van der Waals surface area contributed by atoms with Crippen molar-refractivity contribution in [1.82, 2.24) is 9.88 Å². The second-order valence-corrected chi connectivity index (χ2v) is 6.97. The molecule has 1 aliphatic heterocycles. The van der Waals surface area contributed by atoms with Crippen LogP contribution < -0.4 is 0 Å². The number of rotatable bonds is 4. The van der Waals surface area contributed by atoms with Gasteiger partial charge in [-0.15, -0.1) is 0 Å². The van der Waals surface area contributed by atoms with E-state index in [0.29, 0.717) is 11.6 Å². The molecule has 0 aliphatic carbocycles. The van der Waals surface area contributed by atoms with Crippen molar-refractivity contribution in [1.29, 1.82) is 0 Å². The molecule has 4 rings (SSSR count). The third kappa shape index (κ3) is 3.40. The summed E-state index contributed by atoms with van der Waals surface area (Å²) >= 11 is 0. The standard InChI is InChI=1S/C23H23FN2/c1-17(26-14-2-3-15-26)18-4-6-19(7-5-18)20-8-10-21(11-9-20)22-12-13-25-16-23(22)24/h4-13,16-17H,2-3,14-15H2,1H3. The van der Waals surface area contributed by atoms with Crippen LogP contribution in [-0.2, 0) is 0 Å². The fraction of sp³-hybridized carbons (Fsp3) is 0.261. The zero-order valence-corrected chi connectivity index (χ0v) is 15.0. The average molecular weight is 346 g/mol. The van der Waals surface area contributed by atoms with E-state index in [-0.39, 0.29) is 5.82 Å². The van der Waals surface area contributed by atoms with E-state index >= 15 is 0 Å². The van der Waals surface area contributed by atoms with Gasteiger partial charge < -0.3 is 0 Å². The fourth-order valence-electron chi connectivity index (χ4n) is 3.75. The number of hydrogen-bond acceptors (Lipinski definition) is 2. The summed E-state index contributed by atoms with van der Waals surface area (Å²) < 4.78 is 13.9. The van der Waals surface area contributed by atoms with Crippen LogP contribution in [0.1, 0.15) is 31.4 Å². The maximum absolute atomic E-state index is 13.9. The molecule has 3 aromatic rings. The van der Waals surface area contributed by atoms with Crippen molar-refractivity contribution in [2.24, 2.45) is 0 Å². The molecule has 1 atom stereocenters. The molecule has 0 saturated carbocycles. The molecule has 2 aromatic carbocycles. The summed E-state index contributed by atoms with van der Waals surface area (Å²) in [6, 6.07) is 19.0. The van der Waals surface area contributed by atoms with Crippen LogP contribution in [0.15, 0.2) is 67.0 Å². The van der Waals surface area contributed by atoms with Gasteiger partial charge in [-0.3, -0.25) is 9.88 Å². The molecule has 1 aliphatic rings. The molecule has 0 spiro atoms. The Morgan fingerprint density at radius 2 is 1.42 bits per heavy atom. The Labute approximate surface area is 154 Å². The van der Waals surface area contributed by atoms with E-state index in [0.717, 1.165) is 11.1 Å². The topological polar surface area (TPSA) is 16.1 Å². The highest BCUT2D eigenvalue weighted by atomic mass is 19.1. The summed E-state index contributed by atoms with van der Waals surface area (Å²) in [5.74, 6) is -0.291. The molecule has 0 N–H and O–H groups in total. The van der Waals surface area contributed by atoms with E-state index in [2.05, 4.69) is 41.1 Å². The molecule has 26 heavy (non-hydrogen) atoms. The van der Waals surface area contributed by atoms with Crippen LogP contribution in [0.5, 0.6) is 0 Å². The highest BCUT2D eigenvalue weighted by Gasteiger charge is 2.19. The third-order valence-corrected chi connectivity index (χ3v) is 5.38. The minimum absolute atomic E-state index is 0.291. The van der Waals surface area contributed by atoms with E-state index in [9.17, 15) is 4.39 Å². The smallest absolute Gasteiger partial charge is 0.149 e.